The molecule has 3 aromatic carbocycles. The smallest absolute Gasteiger partial charge is 0.387 e. The Morgan fingerprint density at radius 3 is 2.51 bits per heavy atom. The lowest BCUT2D eigenvalue weighted by Gasteiger charge is -2.40. The van der Waals surface area contributed by atoms with Crippen molar-refractivity contribution in [2.75, 3.05) is 17.3 Å². The number of benzene rings is 3. The van der Waals surface area contributed by atoms with Gasteiger partial charge in [0.25, 0.3) is 5.91 Å². The Balaban J connectivity index is 1.61. The van der Waals surface area contributed by atoms with E-state index in [-0.39, 0.29) is 23.2 Å². The molecule has 1 N–H and O–H groups in total. The van der Waals surface area contributed by atoms with Crippen LogP contribution in [0.3, 0.4) is 0 Å². The number of halogens is 2. The zero-order chi connectivity index (χ0) is 25.7. The highest BCUT2D eigenvalue weighted by Gasteiger charge is 2.42. The number of rotatable bonds is 5. The summed E-state index contributed by atoms with van der Waals surface area (Å²) >= 11 is 0. The minimum atomic E-state index is -3.00. The van der Waals surface area contributed by atoms with Gasteiger partial charge in [0.2, 0.25) is 5.84 Å². The maximum Gasteiger partial charge on any atom is 0.387 e. The molecule has 37 heavy (non-hydrogen) atoms. The Kier molecular flexibility index (Phi) is 5.36. The molecule has 4 aromatic rings. The number of ether oxygens (including phenoxy) is 2. The number of nitrogens with zero attached hydrogens (tertiary/aromatic N) is 4. The Hall–Kier alpha value is -4.73. The van der Waals surface area contributed by atoms with Crippen molar-refractivity contribution in [1.82, 2.24) is 9.78 Å². The molecule has 1 amide bonds. The van der Waals surface area contributed by atoms with Crippen molar-refractivity contribution in [1.29, 1.82) is 0 Å². The van der Waals surface area contributed by atoms with Crippen molar-refractivity contribution in [2.45, 2.75) is 19.6 Å². The van der Waals surface area contributed by atoms with Crippen LogP contribution in [0, 0.1) is 6.92 Å². The van der Waals surface area contributed by atoms with E-state index in [0.717, 1.165) is 16.9 Å². The summed E-state index contributed by atoms with van der Waals surface area (Å²) in [6.45, 7) is -1.11. The third kappa shape index (κ3) is 3.68. The summed E-state index contributed by atoms with van der Waals surface area (Å²) in [6, 6.07) is 21.2. The molecule has 186 valence electrons. The van der Waals surface area contributed by atoms with Gasteiger partial charge >= 0.3 is 6.61 Å². The molecule has 0 aliphatic carbocycles. The minimum absolute atomic E-state index is 0.0836. The lowest BCUT2D eigenvalue weighted by atomic mass is 9.93. The average molecular weight is 501 g/mol. The summed E-state index contributed by atoms with van der Waals surface area (Å²) in [6.07, 6.45) is 0. The number of anilines is 2. The van der Waals surface area contributed by atoms with Gasteiger partial charge in [0.05, 0.1) is 35.9 Å². The molecular weight excluding hydrogens is 480 g/mol. The van der Waals surface area contributed by atoms with Crippen molar-refractivity contribution in [3.05, 3.63) is 89.6 Å². The van der Waals surface area contributed by atoms with Crippen LogP contribution in [0.15, 0.2) is 77.8 Å². The number of aryl methyl sites for hydroxylation is 1. The first kappa shape index (κ1) is 22.7. The molecule has 0 saturated heterocycles. The van der Waals surface area contributed by atoms with Crippen molar-refractivity contribution >= 4 is 28.9 Å². The van der Waals surface area contributed by atoms with E-state index in [4.69, 9.17) is 14.8 Å². The summed E-state index contributed by atoms with van der Waals surface area (Å²) in [5.41, 5.74) is 4.35. The zero-order valence-electron chi connectivity index (χ0n) is 19.9. The average Bonchev–Trinajstić information content (AvgIpc) is 3.24. The Morgan fingerprint density at radius 1 is 1.00 bits per heavy atom. The molecule has 0 bridgehead atoms. The zero-order valence-corrected chi connectivity index (χ0v) is 19.9. The van der Waals surface area contributed by atoms with Gasteiger partial charge in [0.15, 0.2) is 17.3 Å². The molecule has 0 unspecified atom stereocenters. The van der Waals surface area contributed by atoms with E-state index in [1.165, 1.54) is 13.2 Å². The second-order valence-corrected chi connectivity index (χ2v) is 8.54. The standard InChI is InChI=1S/C27H21F2N5O3/c1-15-22-23(16-12-13-20(37-27(28)29)21(14-16)36-2)33-19-11-7-6-10-18(19)30-26(35)25(33)31-24(22)34(32-15)17-8-4-3-5-9-17/h3-14,23,27H,1-2H3,(H,30,35)/t23-/m1/s1. The fraction of sp³-hybridized carbons (Fsp3) is 0.148. The molecule has 6 rings (SSSR count). The van der Waals surface area contributed by atoms with E-state index in [1.807, 2.05) is 66.4 Å². The van der Waals surface area contributed by atoms with Gasteiger partial charge in [-0.3, -0.25) is 4.79 Å². The summed E-state index contributed by atoms with van der Waals surface area (Å²) in [7, 11) is 1.39. The number of amidine groups is 1. The molecule has 0 saturated carbocycles. The second-order valence-electron chi connectivity index (χ2n) is 8.54. The largest absolute Gasteiger partial charge is 0.493 e. The number of nitrogens with one attached hydrogen (secondary N) is 1. The number of para-hydroxylation sites is 3. The maximum absolute atomic E-state index is 13.3. The predicted octanol–water partition coefficient (Wildman–Crippen LogP) is 5.38. The number of alkyl halides is 2. The predicted molar refractivity (Wildman–Crippen MR) is 134 cm³/mol. The van der Waals surface area contributed by atoms with Gasteiger partial charge in [-0.15, -0.1) is 0 Å². The second kappa shape index (κ2) is 8.74. The number of carbonyl (C=O) groups is 1. The Bertz CT molecular complexity index is 1550. The van der Waals surface area contributed by atoms with E-state index in [9.17, 15) is 13.6 Å². The maximum atomic E-state index is 13.3. The van der Waals surface area contributed by atoms with Crippen molar-refractivity contribution < 1.29 is 23.0 Å². The molecule has 2 aliphatic rings. The van der Waals surface area contributed by atoms with Gasteiger partial charge in [-0.05, 0) is 48.9 Å². The van der Waals surface area contributed by atoms with Crippen molar-refractivity contribution in [2.24, 2.45) is 4.99 Å². The Labute approximate surface area is 210 Å². The topological polar surface area (TPSA) is 81.0 Å². The molecule has 0 spiro atoms. The van der Waals surface area contributed by atoms with Crippen LogP contribution in [-0.2, 0) is 4.79 Å². The summed E-state index contributed by atoms with van der Waals surface area (Å²) in [5.74, 6) is 0.407. The van der Waals surface area contributed by atoms with Crippen LogP contribution in [0.5, 0.6) is 11.5 Å². The van der Waals surface area contributed by atoms with E-state index in [2.05, 4.69) is 10.1 Å². The van der Waals surface area contributed by atoms with Crippen LogP contribution in [0.1, 0.15) is 22.9 Å². The number of fused-ring (bicyclic) bond motifs is 4. The number of amides is 1. The quantitative estimate of drug-likeness (QED) is 0.397. The molecule has 8 nitrogen and oxygen atoms in total. The third-order valence-corrected chi connectivity index (χ3v) is 6.39. The number of aliphatic imine (C=N–C) groups is 1. The van der Waals surface area contributed by atoms with Crippen molar-refractivity contribution in [3.8, 4) is 17.2 Å². The minimum Gasteiger partial charge on any atom is -0.493 e. The molecular formula is C27H21F2N5O3. The highest BCUT2D eigenvalue weighted by Crippen LogP contribution is 2.48. The lowest BCUT2D eigenvalue weighted by Crippen LogP contribution is -2.48. The lowest BCUT2D eigenvalue weighted by molar-refractivity contribution is -0.110. The molecule has 1 atom stereocenters. The van der Waals surface area contributed by atoms with Crippen LogP contribution < -0.4 is 19.7 Å². The highest BCUT2D eigenvalue weighted by molar-refractivity contribution is 6.50. The van der Waals surface area contributed by atoms with Crippen LogP contribution >= 0.6 is 0 Å². The first-order valence-electron chi connectivity index (χ1n) is 11.5. The third-order valence-electron chi connectivity index (χ3n) is 6.39. The molecule has 10 heteroatoms. The first-order chi connectivity index (χ1) is 18.0. The number of hydrogen-bond donors (Lipinski definition) is 1. The molecule has 3 heterocycles. The monoisotopic (exact) mass is 501 g/mol. The fourth-order valence-corrected chi connectivity index (χ4v) is 4.85. The van der Waals surface area contributed by atoms with Crippen LogP contribution in [0.2, 0.25) is 0 Å². The van der Waals surface area contributed by atoms with Crippen LogP contribution in [-0.4, -0.2) is 35.2 Å². The Morgan fingerprint density at radius 2 is 1.76 bits per heavy atom. The SMILES string of the molecule is COc1cc([C@@H]2c3c(C)nn(-c4ccccc4)c3N=C3C(=O)Nc4ccccc4N32)ccc1OC(F)F. The highest BCUT2D eigenvalue weighted by atomic mass is 19.3. The normalized spacial score (nSPS) is 15.9. The number of hydrogen-bond acceptors (Lipinski definition) is 6. The van der Waals surface area contributed by atoms with Crippen LogP contribution in [0.4, 0.5) is 26.0 Å². The number of aromatic nitrogens is 2. The van der Waals surface area contributed by atoms with Gasteiger partial charge in [-0.1, -0.05) is 36.4 Å². The molecule has 1 aromatic heterocycles. The molecule has 2 aliphatic heterocycles. The van der Waals surface area contributed by atoms with E-state index >= 15 is 0 Å². The van der Waals surface area contributed by atoms with E-state index in [0.29, 0.717) is 22.8 Å². The summed E-state index contributed by atoms with van der Waals surface area (Å²) < 4.78 is 37.7. The number of methoxy groups -OCH3 is 1. The van der Waals surface area contributed by atoms with Gasteiger partial charge < -0.3 is 19.7 Å². The van der Waals surface area contributed by atoms with Gasteiger partial charge in [-0.25, -0.2) is 9.67 Å². The summed E-state index contributed by atoms with van der Waals surface area (Å²) in [5, 5.41) is 7.68. The molecule has 0 radical (unpaired) electrons. The first-order valence-corrected chi connectivity index (χ1v) is 11.5. The van der Waals surface area contributed by atoms with Crippen molar-refractivity contribution in [3.63, 3.8) is 0 Å². The summed E-state index contributed by atoms with van der Waals surface area (Å²) in [4.78, 5) is 19.9. The fourth-order valence-electron chi connectivity index (χ4n) is 4.85. The van der Waals surface area contributed by atoms with Gasteiger partial charge in [0, 0.05) is 5.56 Å². The van der Waals surface area contributed by atoms with E-state index < -0.39 is 12.7 Å². The van der Waals surface area contributed by atoms with Gasteiger partial charge in [-0.2, -0.15) is 13.9 Å². The molecule has 0 fully saturated rings. The van der Waals surface area contributed by atoms with Crippen LogP contribution in [0.25, 0.3) is 5.69 Å². The van der Waals surface area contributed by atoms with Gasteiger partial charge in [0.1, 0.15) is 0 Å². The number of carbonyl (C=O) groups excluding carboxylic acids is 1. The van der Waals surface area contributed by atoms with E-state index in [1.54, 1.807) is 16.8 Å².